The molecule has 1 aliphatic heterocycles. The highest BCUT2D eigenvalue weighted by molar-refractivity contribution is 5.97. The summed E-state index contributed by atoms with van der Waals surface area (Å²) in [7, 11) is 0. The van der Waals surface area contributed by atoms with Crippen molar-refractivity contribution >= 4 is 17.5 Å². The summed E-state index contributed by atoms with van der Waals surface area (Å²) in [4.78, 5) is 15.9. The molecule has 3 N–H and O–H groups in total. The zero-order valence-electron chi connectivity index (χ0n) is 11.0. The quantitative estimate of drug-likeness (QED) is 0.780. The molecule has 1 atom stereocenters. The zero-order valence-corrected chi connectivity index (χ0v) is 11.0. The van der Waals surface area contributed by atoms with E-state index in [0.717, 1.165) is 26.2 Å². The predicted octanol–water partition coefficient (Wildman–Crippen LogP) is 1.29. The van der Waals surface area contributed by atoms with Crippen LogP contribution in [0.5, 0.6) is 0 Å². The van der Waals surface area contributed by atoms with E-state index in [-0.39, 0.29) is 0 Å². The second-order valence-electron chi connectivity index (χ2n) is 4.45. The molecule has 104 valence electrons. The first-order valence-corrected chi connectivity index (χ1v) is 6.45. The van der Waals surface area contributed by atoms with E-state index in [1.807, 2.05) is 0 Å². The SMILES string of the molecule is CCOC(=O)c1ccnc(NCC2CCOC2)c1N. The number of nitrogens with one attached hydrogen (secondary N) is 1. The second kappa shape index (κ2) is 6.38. The molecule has 6 heteroatoms. The van der Waals surface area contributed by atoms with E-state index in [1.165, 1.54) is 0 Å². The van der Waals surface area contributed by atoms with Crippen molar-refractivity contribution in [1.82, 2.24) is 4.98 Å². The summed E-state index contributed by atoms with van der Waals surface area (Å²) in [6.07, 6.45) is 2.58. The number of carbonyl (C=O) groups is 1. The Balaban J connectivity index is 2.03. The third kappa shape index (κ3) is 3.35. The highest BCUT2D eigenvalue weighted by Gasteiger charge is 2.18. The van der Waals surface area contributed by atoms with Crippen LogP contribution in [0.4, 0.5) is 11.5 Å². The largest absolute Gasteiger partial charge is 0.462 e. The minimum Gasteiger partial charge on any atom is -0.462 e. The number of hydrogen-bond donors (Lipinski definition) is 2. The van der Waals surface area contributed by atoms with Crippen LogP contribution in [0.2, 0.25) is 0 Å². The molecule has 0 bridgehead atoms. The van der Waals surface area contributed by atoms with Gasteiger partial charge in [-0.2, -0.15) is 0 Å². The number of rotatable bonds is 5. The maximum absolute atomic E-state index is 11.7. The van der Waals surface area contributed by atoms with Crippen LogP contribution in [-0.2, 0) is 9.47 Å². The number of hydrogen-bond acceptors (Lipinski definition) is 6. The van der Waals surface area contributed by atoms with Crippen LogP contribution in [0.3, 0.4) is 0 Å². The third-order valence-corrected chi connectivity index (χ3v) is 3.07. The van der Waals surface area contributed by atoms with Crippen LogP contribution in [0.1, 0.15) is 23.7 Å². The number of pyridine rings is 1. The molecule has 1 saturated heterocycles. The zero-order chi connectivity index (χ0) is 13.7. The first-order chi connectivity index (χ1) is 9.22. The van der Waals surface area contributed by atoms with Crippen molar-refractivity contribution in [2.45, 2.75) is 13.3 Å². The van der Waals surface area contributed by atoms with Gasteiger partial charge < -0.3 is 20.5 Å². The molecule has 1 unspecified atom stereocenters. The van der Waals surface area contributed by atoms with E-state index in [4.69, 9.17) is 15.2 Å². The summed E-state index contributed by atoms with van der Waals surface area (Å²) in [5, 5.41) is 3.17. The van der Waals surface area contributed by atoms with Crippen molar-refractivity contribution in [3.63, 3.8) is 0 Å². The minimum atomic E-state index is -0.422. The highest BCUT2D eigenvalue weighted by atomic mass is 16.5. The van der Waals surface area contributed by atoms with Gasteiger partial charge in [-0.05, 0) is 19.4 Å². The van der Waals surface area contributed by atoms with E-state index >= 15 is 0 Å². The number of ether oxygens (including phenoxy) is 2. The molecule has 1 aliphatic rings. The molecular formula is C13H19N3O3. The van der Waals surface area contributed by atoms with Crippen LogP contribution in [0, 0.1) is 5.92 Å². The number of carbonyl (C=O) groups excluding carboxylic acids is 1. The fourth-order valence-electron chi connectivity index (χ4n) is 1.99. The van der Waals surface area contributed by atoms with Gasteiger partial charge in [0.15, 0.2) is 0 Å². The van der Waals surface area contributed by atoms with Crippen molar-refractivity contribution in [1.29, 1.82) is 0 Å². The minimum absolute atomic E-state index is 0.322. The lowest BCUT2D eigenvalue weighted by atomic mass is 10.1. The van der Waals surface area contributed by atoms with Crippen molar-refractivity contribution < 1.29 is 14.3 Å². The molecule has 19 heavy (non-hydrogen) atoms. The van der Waals surface area contributed by atoms with Crippen LogP contribution >= 0.6 is 0 Å². The maximum Gasteiger partial charge on any atom is 0.340 e. The van der Waals surface area contributed by atoms with Gasteiger partial charge in [-0.15, -0.1) is 0 Å². The number of nitrogens with zero attached hydrogens (tertiary/aromatic N) is 1. The normalized spacial score (nSPS) is 18.3. The van der Waals surface area contributed by atoms with Crippen LogP contribution in [0.15, 0.2) is 12.3 Å². The molecule has 2 heterocycles. The molecule has 1 fully saturated rings. The Bertz CT molecular complexity index is 445. The average molecular weight is 265 g/mol. The standard InChI is InChI=1S/C13H19N3O3/c1-2-19-13(17)10-3-5-15-12(11(10)14)16-7-9-4-6-18-8-9/h3,5,9H,2,4,6-8,14H2,1H3,(H,15,16). The number of nitrogens with two attached hydrogens (primary N) is 1. The Kier molecular flexibility index (Phi) is 4.57. The molecule has 0 spiro atoms. The monoisotopic (exact) mass is 265 g/mol. The van der Waals surface area contributed by atoms with Crippen LogP contribution in [0.25, 0.3) is 0 Å². The molecule has 2 rings (SSSR count). The van der Waals surface area contributed by atoms with Gasteiger partial charge in [0.1, 0.15) is 5.82 Å². The van der Waals surface area contributed by atoms with Crippen molar-refractivity contribution in [3.8, 4) is 0 Å². The summed E-state index contributed by atoms with van der Waals surface area (Å²) >= 11 is 0. The van der Waals surface area contributed by atoms with Gasteiger partial charge in [0.05, 0.1) is 24.5 Å². The molecule has 0 aliphatic carbocycles. The summed E-state index contributed by atoms with van der Waals surface area (Å²) in [6.45, 7) is 4.38. The molecular weight excluding hydrogens is 246 g/mol. The Morgan fingerprint density at radius 2 is 2.53 bits per heavy atom. The van der Waals surface area contributed by atoms with E-state index < -0.39 is 5.97 Å². The first-order valence-electron chi connectivity index (χ1n) is 6.45. The lowest BCUT2D eigenvalue weighted by Gasteiger charge is -2.13. The smallest absolute Gasteiger partial charge is 0.340 e. The maximum atomic E-state index is 11.7. The van der Waals surface area contributed by atoms with Crippen molar-refractivity contribution in [2.75, 3.05) is 37.4 Å². The van der Waals surface area contributed by atoms with E-state index in [0.29, 0.717) is 29.6 Å². The molecule has 0 amide bonds. The summed E-state index contributed by atoms with van der Waals surface area (Å²) in [6, 6.07) is 1.57. The molecule has 0 aromatic carbocycles. The van der Waals surface area contributed by atoms with Gasteiger partial charge in [0.2, 0.25) is 0 Å². The lowest BCUT2D eigenvalue weighted by Crippen LogP contribution is -2.17. The van der Waals surface area contributed by atoms with Gasteiger partial charge >= 0.3 is 5.97 Å². The molecule has 0 saturated carbocycles. The van der Waals surface area contributed by atoms with Gasteiger partial charge in [0, 0.05) is 25.3 Å². The van der Waals surface area contributed by atoms with Gasteiger partial charge in [-0.1, -0.05) is 0 Å². The number of esters is 1. The first kappa shape index (κ1) is 13.6. The van der Waals surface area contributed by atoms with Crippen molar-refractivity contribution in [2.24, 2.45) is 5.92 Å². The van der Waals surface area contributed by atoms with Crippen LogP contribution in [-0.4, -0.2) is 37.3 Å². The highest BCUT2D eigenvalue weighted by Crippen LogP contribution is 2.22. The summed E-state index contributed by atoms with van der Waals surface area (Å²) in [5.41, 5.74) is 6.62. The van der Waals surface area contributed by atoms with E-state index in [2.05, 4.69) is 10.3 Å². The van der Waals surface area contributed by atoms with Gasteiger partial charge in [-0.25, -0.2) is 9.78 Å². The molecule has 1 aromatic heterocycles. The fourth-order valence-corrected chi connectivity index (χ4v) is 1.99. The number of aromatic nitrogens is 1. The second-order valence-corrected chi connectivity index (χ2v) is 4.45. The Morgan fingerprint density at radius 1 is 1.68 bits per heavy atom. The fraction of sp³-hybridized carbons (Fsp3) is 0.538. The predicted molar refractivity (Wildman–Crippen MR) is 72.0 cm³/mol. The Labute approximate surface area is 112 Å². The average Bonchev–Trinajstić information content (AvgIpc) is 2.91. The molecule has 6 nitrogen and oxygen atoms in total. The van der Waals surface area contributed by atoms with Crippen molar-refractivity contribution in [3.05, 3.63) is 17.8 Å². The third-order valence-electron chi connectivity index (χ3n) is 3.07. The summed E-state index contributed by atoms with van der Waals surface area (Å²) in [5.74, 6) is 0.569. The Hall–Kier alpha value is -1.82. The van der Waals surface area contributed by atoms with Gasteiger partial charge in [-0.3, -0.25) is 0 Å². The van der Waals surface area contributed by atoms with Gasteiger partial charge in [0.25, 0.3) is 0 Å². The van der Waals surface area contributed by atoms with Crippen LogP contribution < -0.4 is 11.1 Å². The lowest BCUT2D eigenvalue weighted by molar-refractivity contribution is 0.0527. The molecule has 1 aromatic rings. The topological polar surface area (TPSA) is 86.5 Å². The summed E-state index contributed by atoms with van der Waals surface area (Å²) < 4.78 is 10.3. The Morgan fingerprint density at radius 3 is 3.21 bits per heavy atom. The number of anilines is 2. The molecule has 0 radical (unpaired) electrons. The van der Waals surface area contributed by atoms with E-state index in [1.54, 1.807) is 19.2 Å². The number of nitrogen functional groups attached to an aromatic ring is 1. The van der Waals surface area contributed by atoms with E-state index in [9.17, 15) is 4.79 Å².